The number of nitrogens with zero attached hydrogens (tertiary/aromatic N) is 2. The molecule has 0 aromatic heterocycles. The van der Waals surface area contributed by atoms with Crippen LogP contribution in [-0.2, 0) is 10.0 Å². The molecule has 0 unspecified atom stereocenters. The van der Waals surface area contributed by atoms with E-state index in [4.69, 9.17) is 0 Å². The van der Waals surface area contributed by atoms with Crippen molar-refractivity contribution in [3.63, 3.8) is 0 Å². The summed E-state index contributed by atoms with van der Waals surface area (Å²) in [5.41, 5.74) is 1.72. The number of nitriles is 1. The Balaban J connectivity index is 2.29. The van der Waals surface area contributed by atoms with E-state index in [1.54, 1.807) is 0 Å². The summed E-state index contributed by atoms with van der Waals surface area (Å²) >= 11 is 0. The van der Waals surface area contributed by atoms with Gasteiger partial charge in [0.25, 0.3) is 0 Å². The highest BCUT2D eigenvalue weighted by atomic mass is 32.2. The number of benzene rings is 1. The van der Waals surface area contributed by atoms with Gasteiger partial charge in [-0.3, -0.25) is 0 Å². The number of sulfonamides is 1. The molecule has 1 saturated heterocycles. The van der Waals surface area contributed by atoms with Crippen LogP contribution in [0.3, 0.4) is 0 Å². The summed E-state index contributed by atoms with van der Waals surface area (Å²) in [7, 11) is -3.52. The van der Waals surface area contributed by atoms with E-state index in [0.29, 0.717) is 0 Å². The molecule has 1 aliphatic rings. The van der Waals surface area contributed by atoms with E-state index in [-0.39, 0.29) is 24.2 Å². The molecule has 0 saturated carbocycles. The van der Waals surface area contributed by atoms with Crippen molar-refractivity contribution in [2.24, 2.45) is 5.92 Å². The standard InChI is InChI=1S/C18H22N2O3S/c1-4-24(22,23)20-16(11-19)18(17(20)12-21)15-9-7-14(8-10-15)6-5-13(2)3/h7-10,13,16-18,21H,4,12H2,1-3H3/t16-,17+,18-/m0/s1. The highest BCUT2D eigenvalue weighted by Crippen LogP contribution is 2.42. The van der Waals surface area contributed by atoms with Gasteiger partial charge in [0.2, 0.25) is 10.0 Å². The lowest BCUT2D eigenvalue weighted by Gasteiger charge is -2.50. The largest absolute Gasteiger partial charge is 0.395 e. The molecular formula is C18H22N2O3S. The first-order chi connectivity index (χ1) is 11.4. The van der Waals surface area contributed by atoms with E-state index < -0.39 is 22.1 Å². The molecule has 0 radical (unpaired) electrons. The van der Waals surface area contributed by atoms with Gasteiger partial charge in [0.05, 0.1) is 24.5 Å². The minimum Gasteiger partial charge on any atom is -0.395 e. The molecule has 1 aromatic carbocycles. The normalized spacial score (nSPS) is 23.9. The predicted octanol–water partition coefficient (Wildman–Crippen LogP) is 1.70. The number of hydrogen-bond donors (Lipinski definition) is 1. The Morgan fingerprint density at radius 3 is 2.38 bits per heavy atom. The summed E-state index contributed by atoms with van der Waals surface area (Å²) < 4.78 is 25.4. The van der Waals surface area contributed by atoms with Crippen molar-refractivity contribution < 1.29 is 13.5 Å². The van der Waals surface area contributed by atoms with E-state index in [1.807, 2.05) is 38.1 Å². The van der Waals surface area contributed by atoms with Gasteiger partial charge in [0.1, 0.15) is 6.04 Å². The van der Waals surface area contributed by atoms with Gasteiger partial charge in [-0.15, -0.1) is 0 Å². The molecule has 1 heterocycles. The van der Waals surface area contributed by atoms with Gasteiger partial charge in [0.15, 0.2) is 0 Å². The zero-order valence-electron chi connectivity index (χ0n) is 14.1. The number of hydrogen-bond acceptors (Lipinski definition) is 4. The maximum absolute atomic E-state index is 12.1. The zero-order valence-corrected chi connectivity index (χ0v) is 14.9. The van der Waals surface area contributed by atoms with E-state index >= 15 is 0 Å². The van der Waals surface area contributed by atoms with Crippen molar-refractivity contribution in [1.82, 2.24) is 4.31 Å². The van der Waals surface area contributed by atoms with Gasteiger partial charge < -0.3 is 5.11 Å². The van der Waals surface area contributed by atoms with E-state index in [0.717, 1.165) is 15.4 Å². The van der Waals surface area contributed by atoms with Gasteiger partial charge >= 0.3 is 0 Å². The van der Waals surface area contributed by atoms with Crippen LogP contribution in [0.2, 0.25) is 0 Å². The van der Waals surface area contributed by atoms with Crippen LogP contribution >= 0.6 is 0 Å². The maximum atomic E-state index is 12.1. The van der Waals surface area contributed by atoms with Gasteiger partial charge in [-0.25, -0.2) is 8.42 Å². The lowest BCUT2D eigenvalue weighted by Crippen LogP contribution is -2.65. The quantitative estimate of drug-likeness (QED) is 0.841. The highest BCUT2D eigenvalue weighted by molar-refractivity contribution is 7.89. The van der Waals surface area contributed by atoms with Crippen molar-refractivity contribution in [2.45, 2.75) is 38.8 Å². The average Bonchev–Trinajstić information content (AvgIpc) is 2.53. The molecule has 0 bridgehead atoms. The average molecular weight is 346 g/mol. The van der Waals surface area contributed by atoms with Crippen LogP contribution in [0.5, 0.6) is 0 Å². The van der Waals surface area contributed by atoms with Crippen molar-refractivity contribution >= 4 is 10.0 Å². The molecule has 6 heteroatoms. The van der Waals surface area contributed by atoms with Crippen LogP contribution in [0.25, 0.3) is 0 Å². The Morgan fingerprint density at radius 2 is 1.92 bits per heavy atom. The SMILES string of the molecule is CCS(=O)(=O)N1[C@H](CO)[C@@H](c2ccc(C#CC(C)C)cc2)[C@@H]1C#N. The topological polar surface area (TPSA) is 81.4 Å². The molecule has 5 nitrogen and oxygen atoms in total. The second kappa shape index (κ2) is 7.36. The Labute approximate surface area is 144 Å². The second-order valence-corrected chi connectivity index (χ2v) is 8.29. The summed E-state index contributed by atoms with van der Waals surface area (Å²) in [6.07, 6.45) is 0. The van der Waals surface area contributed by atoms with Crippen molar-refractivity contribution in [2.75, 3.05) is 12.4 Å². The van der Waals surface area contributed by atoms with Crippen LogP contribution in [0, 0.1) is 29.1 Å². The number of aliphatic hydroxyl groups excluding tert-OH is 1. The first-order valence-electron chi connectivity index (χ1n) is 7.98. The molecular weight excluding hydrogens is 324 g/mol. The van der Waals surface area contributed by atoms with Crippen LogP contribution in [-0.4, -0.2) is 42.3 Å². The minimum absolute atomic E-state index is 0.0852. The molecule has 128 valence electrons. The molecule has 3 atom stereocenters. The summed E-state index contributed by atoms with van der Waals surface area (Å²) in [6.45, 7) is 5.26. The van der Waals surface area contributed by atoms with Gasteiger partial charge in [0, 0.05) is 17.4 Å². The first kappa shape index (κ1) is 18.5. The Morgan fingerprint density at radius 1 is 1.29 bits per heavy atom. The summed E-state index contributed by atoms with van der Waals surface area (Å²) in [5, 5.41) is 19.0. The van der Waals surface area contributed by atoms with E-state index in [1.165, 1.54) is 6.92 Å². The van der Waals surface area contributed by atoms with E-state index in [2.05, 4.69) is 17.9 Å². The molecule has 0 spiro atoms. The third-order valence-electron chi connectivity index (χ3n) is 4.16. The predicted molar refractivity (Wildman–Crippen MR) is 92.5 cm³/mol. The van der Waals surface area contributed by atoms with Gasteiger partial charge in [-0.1, -0.05) is 37.8 Å². The summed E-state index contributed by atoms with van der Waals surface area (Å²) in [6, 6.07) is 8.15. The minimum atomic E-state index is -3.52. The molecule has 1 N–H and O–H groups in total. The molecule has 0 aliphatic carbocycles. The molecule has 1 aliphatic heterocycles. The smallest absolute Gasteiger partial charge is 0.215 e. The highest BCUT2D eigenvalue weighted by Gasteiger charge is 2.54. The van der Waals surface area contributed by atoms with Crippen LogP contribution in [0.4, 0.5) is 0 Å². The number of aliphatic hydroxyl groups is 1. The third-order valence-corrected chi connectivity index (χ3v) is 6.03. The Bertz CT molecular complexity index is 782. The van der Waals surface area contributed by atoms with Crippen molar-refractivity contribution in [3.8, 4) is 17.9 Å². The summed E-state index contributed by atoms with van der Waals surface area (Å²) in [5.74, 6) is 6.02. The second-order valence-electron chi connectivity index (χ2n) is 6.13. The Kier molecular flexibility index (Phi) is 5.66. The lowest BCUT2D eigenvalue weighted by molar-refractivity contribution is 0.0558. The third kappa shape index (κ3) is 3.47. The zero-order chi connectivity index (χ0) is 17.9. The lowest BCUT2D eigenvalue weighted by atomic mass is 9.78. The van der Waals surface area contributed by atoms with Crippen LogP contribution in [0.15, 0.2) is 24.3 Å². The van der Waals surface area contributed by atoms with Crippen molar-refractivity contribution in [3.05, 3.63) is 35.4 Å². The number of rotatable bonds is 4. The Hall–Kier alpha value is -1.86. The van der Waals surface area contributed by atoms with Gasteiger partial charge in [-0.2, -0.15) is 9.57 Å². The fourth-order valence-corrected chi connectivity index (χ4v) is 4.35. The van der Waals surface area contributed by atoms with Crippen molar-refractivity contribution in [1.29, 1.82) is 5.26 Å². The maximum Gasteiger partial charge on any atom is 0.215 e. The molecule has 1 fully saturated rings. The summed E-state index contributed by atoms with van der Waals surface area (Å²) in [4.78, 5) is 0. The molecule has 2 rings (SSSR count). The molecule has 0 amide bonds. The first-order valence-corrected chi connectivity index (χ1v) is 9.59. The van der Waals surface area contributed by atoms with Crippen LogP contribution in [0.1, 0.15) is 37.8 Å². The van der Waals surface area contributed by atoms with Crippen LogP contribution < -0.4 is 0 Å². The fraction of sp³-hybridized carbons (Fsp3) is 0.500. The molecule has 1 aromatic rings. The van der Waals surface area contributed by atoms with Gasteiger partial charge in [-0.05, 0) is 24.6 Å². The monoisotopic (exact) mass is 346 g/mol. The molecule has 24 heavy (non-hydrogen) atoms. The fourth-order valence-electron chi connectivity index (χ4n) is 2.91. The van der Waals surface area contributed by atoms with E-state index in [9.17, 15) is 18.8 Å².